The predicted octanol–water partition coefficient (Wildman–Crippen LogP) is 2.45. The molecule has 2 aromatic carbocycles. The molecule has 1 amide bonds. The molecular formula is C20H23ClN4O. The minimum Gasteiger partial charge on any atom is -0.367 e. The van der Waals surface area contributed by atoms with Gasteiger partial charge in [0.25, 0.3) is 0 Å². The molecule has 2 N–H and O–H groups in total. The number of amides is 1. The van der Waals surface area contributed by atoms with Crippen LogP contribution >= 0.6 is 11.6 Å². The Morgan fingerprint density at radius 3 is 2.38 bits per heavy atom. The van der Waals surface area contributed by atoms with Gasteiger partial charge in [0, 0.05) is 32.7 Å². The van der Waals surface area contributed by atoms with Gasteiger partial charge in [0.05, 0.1) is 22.7 Å². The molecule has 0 bridgehead atoms. The molecule has 0 saturated carbocycles. The smallest absolute Gasteiger partial charge is 0.229 e. The van der Waals surface area contributed by atoms with Gasteiger partial charge in [-0.3, -0.25) is 10.2 Å². The Morgan fingerprint density at radius 1 is 0.962 bits per heavy atom. The second kappa shape index (κ2) is 7.66. The number of benzene rings is 2. The lowest BCUT2D eigenvalue weighted by Crippen LogP contribution is -2.51. The standard InChI is InChI=1S/C20H23ClN4O/c21-17-8-4-5-9-18(17)24-10-12-25(13-11-24)20(26)16-14-22-23-19(16)15-6-2-1-3-7-15/h1-9,16,19,22-23H,10-14H2. The Bertz CT molecular complexity index is 761. The highest BCUT2D eigenvalue weighted by molar-refractivity contribution is 6.33. The maximum atomic E-state index is 13.1. The minimum atomic E-state index is -0.0794. The van der Waals surface area contributed by atoms with E-state index >= 15 is 0 Å². The Morgan fingerprint density at radius 2 is 1.65 bits per heavy atom. The number of halogens is 1. The highest BCUT2D eigenvalue weighted by Crippen LogP contribution is 2.29. The van der Waals surface area contributed by atoms with Crippen LogP contribution in [-0.4, -0.2) is 43.5 Å². The molecule has 2 aliphatic rings. The molecule has 2 atom stereocenters. The van der Waals surface area contributed by atoms with Crippen LogP contribution in [0, 0.1) is 5.92 Å². The zero-order chi connectivity index (χ0) is 17.9. The van der Waals surface area contributed by atoms with E-state index in [4.69, 9.17) is 11.6 Å². The average molecular weight is 371 g/mol. The lowest BCUT2D eigenvalue weighted by molar-refractivity contribution is -0.135. The van der Waals surface area contributed by atoms with Crippen LogP contribution < -0.4 is 15.8 Å². The number of nitrogens with zero attached hydrogens (tertiary/aromatic N) is 2. The van der Waals surface area contributed by atoms with Crippen molar-refractivity contribution in [3.8, 4) is 0 Å². The fourth-order valence-electron chi connectivity index (χ4n) is 3.81. The van der Waals surface area contributed by atoms with Crippen molar-refractivity contribution in [3.63, 3.8) is 0 Å². The molecule has 2 aromatic rings. The molecule has 2 unspecified atom stereocenters. The number of piperazine rings is 1. The minimum absolute atomic E-state index is 0.0188. The van der Waals surface area contributed by atoms with Crippen LogP contribution in [0.3, 0.4) is 0 Å². The van der Waals surface area contributed by atoms with Crippen molar-refractivity contribution in [1.29, 1.82) is 0 Å². The molecule has 4 rings (SSSR count). The lowest BCUT2D eigenvalue weighted by Gasteiger charge is -2.38. The van der Waals surface area contributed by atoms with E-state index in [1.54, 1.807) is 0 Å². The largest absolute Gasteiger partial charge is 0.367 e. The Kier molecular flexibility index (Phi) is 5.11. The number of hydrogen-bond acceptors (Lipinski definition) is 4. The summed E-state index contributed by atoms with van der Waals surface area (Å²) >= 11 is 6.31. The van der Waals surface area contributed by atoms with Gasteiger partial charge in [-0.1, -0.05) is 54.1 Å². The van der Waals surface area contributed by atoms with Gasteiger partial charge in [0.1, 0.15) is 0 Å². The molecule has 0 radical (unpaired) electrons. The highest BCUT2D eigenvalue weighted by Gasteiger charge is 2.37. The van der Waals surface area contributed by atoms with Crippen LogP contribution in [-0.2, 0) is 4.79 Å². The summed E-state index contributed by atoms with van der Waals surface area (Å²) in [5.41, 5.74) is 8.61. The number of carbonyl (C=O) groups is 1. The molecule has 2 saturated heterocycles. The summed E-state index contributed by atoms with van der Waals surface area (Å²) in [4.78, 5) is 17.3. The quantitative estimate of drug-likeness (QED) is 0.871. The van der Waals surface area contributed by atoms with Gasteiger partial charge in [-0.2, -0.15) is 0 Å². The van der Waals surface area contributed by atoms with E-state index in [2.05, 4.69) is 27.9 Å². The van der Waals surface area contributed by atoms with Gasteiger partial charge >= 0.3 is 0 Å². The van der Waals surface area contributed by atoms with E-state index in [9.17, 15) is 4.79 Å². The van der Waals surface area contributed by atoms with Crippen LogP contribution in [0.5, 0.6) is 0 Å². The molecule has 136 valence electrons. The topological polar surface area (TPSA) is 47.6 Å². The van der Waals surface area contributed by atoms with E-state index in [-0.39, 0.29) is 17.9 Å². The van der Waals surface area contributed by atoms with Crippen molar-refractivity contribution in [2.75, 3.05) is 37.6 Å². The van der Waals surface area contributed by atoms with Gasteiger partial charge in [-0.25, -0.2) is 5.43 Å². The van der Waals surface area contributed by atoms with Crippen LogP contribution in [0.2, 0.25) is 5.02 Å². The molecule has 26 heavy (non-hydrogen) atoms. The molecule has 5 nitrogen and oxygen atoms in total. The van der Waals surface area contributed by atoms with Crippen molar-refractivity contribution >= 4 is 23.2 Å². The first-order chi connectivity index (χ1) is 12.7. The number of para-hydroxylation sites is 1. The molecule has 0 aromatic heterocycles. The van der Waals surface area contributed by atoms with Crippen LogP contribution in [0.25, 0.3) is 0 Å². The number of nitrogens with one attached hydrogen (secondary N) is 2. The maximum absolute atomic E-state index is 13.1. The lowest BCUT2D eigenvalue weighted by atomic mass is 9.93. The van der Waals surface area contributed by atoms with Crippen molar-refractivity contribution < 1.29 is 4.79 Å². The zero-order valence-corrected chi connectivity index (χ0v) is 15.3. The monoisotopic (exact) mass is 370 g/mol. The summed E-state index contributed by atoms with van der Waals surface area (Å²) in [5, 5.41) is 0.764. The van der Waals surface area contributed by atoms with Crippen molar-refractivity contribution in [2.24, 2.45) is 5.92 Å². The Labute approximate surface area is 158 Å². The molecular weight excluding hydrogens is 348 g/mol. The number of carbonyl (C=O) groups excluding carboxylic acids is 1. The maximum Gasteiger partial charge on any atom is 0.229 e. The first-order valence-electron chi connectivity index (χ1n) is 9.05. The normalized spacial score (nSPS) is 23.3. The summed E-state index contributed by atoms with van der Waals surface area (Å²) < 4.78 is 0. The fraction of sp³-hybridized carbons (Fsp3) is 0.350. The van der Waals surface area contributed by atoms with Crippen molar-refractivity contribution in [2.45, 2.75) is 6.04 Å². The van der Waals surface area contributed by atoms with E-state index in [0.717, 1.165) is 42.5 Å². The molecule has 0 spiro atoms. The fourth-order valence-corrected chi connectivity index (χ4v) is 4.07. The third-order valence-electron chi connectivity index (χ3n) is 5.24. The third kappa shape index (κ3) is 3.43. The summed E-state index contributed by atoms with van der Waals surface area (Å²) in [7, 11) is 0. The summed E-state index contributed by atoms with van der Waals surface area (Å²) in [5.74, 6) is 0.138. The number of anilines is 1. The highest BCUT2D eigenvalue weighted by atomic mass is 35.5. The van der Waals surface area contributed by atoms with E-state index in [0.29, 0.717) is 6.54 Å². The van der Waals surface area contributed by atoms with Crippen LogP contribution in [0.4, 0.5) is 5.69 Å². The van der Waals surface area contributed by atoms with Gasteiger partial charge in [-0.15, -0.1) is 0 Å². The van der Waals surface area contributed by atoms with Gasteiger partial charge < -0.3 is 9.80 Å². The van der Waals surface area contributed by atoms with Gasteiger partial charge in [-0.05, 0) is 17.7 Å². The van der Waals surface area contributed by atoms with Gasteiger partial charge in [0.2, 0.25) is 5.91 Å². The summed E-state index contributed by atoms with van der Waals surface area (Å²) in [6.07, 6.45) is 0. The SMILES string of the molecule is O=C(C1CNNC1c1ccccc1)N1CCN(c2ccccc2Cl)CC1. The predicted molar refractivity (Wildman–Crippen MR) is 104 cm³/mol. The second-order valence-corrected chi connectivity index (χ2v) is 7.19. The number of rotatable bonds is 3. The zero-order valence-electron chi connectivity index (χ0n) is 14.6. The van der Waals surface area contributed by atoms with E-state index in [1.165, 1.54) is 0 Å². The second-order valence-electron chi connectivity index (χ2n) is 6.78. The average Bonchev–Trinajstić information content (AvgIpc) is 3.18. The number of hydrazine groups is 1. The first-order valence-corrected chi connectivity index (χ1v) is 9.43. The van der Waals surface area contributed by atoms with Crippen LogP contribution in [0.15, 0.2) is 54.6 Å². The van der Waals surface area contributed by atoms with Crippen LogP contribution in [0.1, 0.15) is 11.6 Å². The molecule has 0 aliphatic carbocycles. The summed E-state index contributed by atoms with van der Waals surface area (Å²) in [6, 6.07) is 18.1. The molecule has 6 heteroatoms. The molecule has 2 fully saturated rings. The van der Waals surface area contributed by atoms with Gasteiger partial charge in [0.15, 0.2) is 0 Å². The Balaban J connectivity index is 1.41. The molecule has 2 heterocycles. The van der Waals surface area contributed by atoms with E-state index < -0.39 is 0 Å². The number of hydrogen-bond donors (Lipinski definition) is 2. The first kappa shape index (κ1) is 17.3. The third-order valence-corrected chi connectivity index (χ3v) is 5.56. The van der Waals surface area contributed by atoms with Crippen molar-refractivity contribution in [1.82, 2.24) is 15.8 Å². The molecule has 2 aliphatic heterocycles. The Hall–Kier alpha value is -2.08. The summed E-state index contributed by atoms with van der Waals surface area (Å²) in [6.45, 7) is 3.71. The van der Waals surface area contributed by atoms with Crippen molar-refractivity contribution in [3.05, 3.63) is 65.2 Å². The van der Waals surface area contributed by atoms with E-state index in [1.807, 2.05) is 47.4 Å².